The predicted octanol–water partition coefficient (Wildman–Crippen LogP) is -9.29. The van der Waals surface area contributed by atoms with E-state index in [1.165, 1.54) is 0 Å². The van der Waals surface area contributed by atoms with Crippen LogP contribution < -0.4 is 24.8 Å². The topological polar surface area (TPSA) is 126 Å². The van der Waals surface area contributed by atoms with E-state index in [2.05, 4.69) is 0 Å². The fourth-order valence-electron chi connectivity index (χ4n) is 0. The van der Waals surface area contributed by atoms with Crippen LogP contribution in [0, 0.1) is 0 Å². The van der Waals surface area contributed by atoms with Crippen molar-refractivity contribution in [2.75, 3.05) is 0 Å². The zero-order valence-electron chi connectivity index (χ0n) is 2.76. The molecule has 0 radical (unpaired) electrons. The number of halogens is 2. The smallest absolute Gasteiger partial charge is 0.412 e. The third kappa shape index (κ3) is 293. The highest BCUT2D eigenvalue weighted by Gasteiger charge is -0.408. The molecule has 0 aliphatic heterocycles. The third-order valence-electron chi connectivity index (χ3n) is 0. The van der Waals surface area contributed by atoms with Gasteiger partial charge in [-0.1, -0.05) is 0 Å². The molecule has 8 N–H and O–H groups in total. The summed E-state index contributed by atoms with van der Waals surface area (Å²) in [5.41, 5.74) is 0. The molecule has 0 aliphatic rings. The number of rotatable bonds is 0. The minimum absolute atomic E-state index is 0. The number of hydrogen-bond acceptors (Lipinski definition) is 0. The van der Waals surface area contributed by atoms with Crippen LogP contribution in [0.5, 0.6) is 0 Å². The second-order valence-electron chi connectivity index (χ2n) is 0. The van der Waals surface area contributed by atoms with Gasteiger partial charge in [0, 0.05) is 0 Å². The molecule has 0 saturated carbocycles. The highest BCUT2D eigenvalue weighted by Crippen LogP contribution is -0.286. The van der Waals surface area contributed by atoms with Gasteiger partial charge in [0.05, 0.1) is 0 Å². The van der Waals surface area contributed by atoms with Crippen LogP contribution in [0.3, 0.4) is 0 Å². The van der Waals surface area contributed by atoms with E-state index >= 15 is 0 Å². The standard InChI is InChI=1S/2ClH.4H2O/h2*1H;4*1H2/p-2. The van der Waals surface area contributed by atoms with Crippen molar-refractivity contribution in [1.29, 1.82) is 0 Å². The van der Waals surface area contributed by atoms with Crippen molar-refractivity contribution in [2.45, 2.75) is 0 Å². The van der Waals surface area contributed by atoms with Gasteiger partial charge < -0.3 is 46.7 Å². The molecule has 0 bridgehead atoms. The van der Waals surface area contributed by atoms with E-state index in [9.17, 15) is 0 Å². The largest absolute Gasteiger partial charge is 1.00 e. The average Bonchev–Trinajstić information content (AvgIpc) is 0. The quantitative estimate of drug-likeness (QED) is 0.319. The summed E-state index contributed by atoms with van der Waals surface area (Å²) in [5.74, 6) is 0. The van der Waals surface area contributed by atoms with Gasteiger partial charge in [-0.25, -0.2) is 0 Å². The van der Waals surface area contributed by atoms with Gasteiger partial charge in [-0.05, 0) is 0 Å². The Hall–Kier alpha value is 0.420. The maximum atomic E-state index is 0. The molecule has 0 amide bonds. The first-order valence-electron chi connectivity index (χ1n) is 0. The predicted molar refractivity (Wildman–Crippen MR) is 14.5 cm³/mol. The van der Waals surface area contributed by atoms with Crippen LogP contribution in [0.1, 0.15) is 0 Å². The monoisotopic (exact) mass is 142 g/mol. The second-order valence-corrected chi connectivity index (χ2v) is 0. The first-order chi connectivity index (χ1) is 0. The zero-order chi connectivity index (χ0) is 0. The van der Waals surface area contributed by atoms with Gasteiger partial charge in [0.25, 0.3) is 0 Å². The summed E-state index contributed by atoms with van der Waals surface area (Å²) in [5, 5.41) is 0. The van der Waals surface area contributed by atoms with Crippen molar-refractivity contribution in [3.63, 3.8) is 0 Å². The lowest BCUT2D eigenvalue weighted by Crippen LogP contribution is -3.00. The summed E-state index contributed by atoms with van der Waals surface area (Å²) in [6.07, 6.45) is 0. The molecule has 0 spiro atoms. The normalized spacial score (nSPS) is 0. The van der Waals surface area contributed by atoms with Crippen LogP contribution in [0.2, 0.25) is 0 Å². The number of hydrogen-bond donors (Lipinski definition) is 0. The summed E-state index contributed by atoms with van der Waals surface area (Å²) in [4.78, 5) is 0. The fourth-order valence-corrected chi connectivity index (χ4v) is 0. The molecule has 0 unspecified atom stereocenters. The Labute approximate surface area is 47.6 Å². The zero-order valence-corrected chi connectivity index (χ0v) is 4.27. The first-order valence-corrected chi connectivity index (χ1v) is 0. The van der Waals surface area contributed by atoms with E-state index in [0.717, 1.165) is 0 Å². The molecule has 0 aromatic heterocycles. The lowest BCUT2D eigenvalue weighted by molar-refractivity contribution is -0.00100. The van der Waals surface area contributed by atoms with Crippen molar-refractivity contribution in [1.82, 2.24) is 0 Å². The van der Waals surface area contributed by atoms with Gasteiger partial charge in [0.15, 0.2) is 0 Å². The maximum absolute atomic E-state index is 0. The molecule has 0 aliphatic carbocycles. The minimum Gasteiger partial charge on any atom is -1.00 e. The Kier molecular flexibility index (Phi) is 107000. The Morgan fingerprint density at radius 1 is 0.333 bits per heavy atom. The minimum atomic E-state index is 0. The summed E-state index contributed by atoms with van der Waals surface area (Å²) >= 11 is 0. The van der Waals surface area contributed by atoms with Crippen LogP contribution in [0.15, 0.2) is 0 Å². The summed E-state index contributed by atoms with van der Waals surface area (Å²) < 4.78 is 0. The summed E-state index contributed by atoms with van der Waals surface area (Å²) in [6, 6.07) is 0. The van der Waals surface area contributed by atoms with Crippen molar-refractivity contribution in [3.05, 3.63) is 0 Å². The van der Waals surface area contributed by atoms with Crippen LogP contribution in [-0.2, 0) is 0 Å². The first kappa shape index (κ1) is 1070. The van der Waals surface area contributed by atoms with Crippen molar-refractivity contribution < 1.29 is 46.7 Å². The highest BCUT2D eigenvalue weighted by molar-refractivity contribution is 0.827. The Morgan fingerprint density at radius 3 is 0.333 bits per heavy atom. The van der Waals surface area contributed by atoms with Gasteiger partial charge in [0.2, 0.25) is 0 Å². The van der Waals surface area contributed by atoms with Gasteiger partial charge in [-0.15, -0.1) is 0 Å². The molecular formula is H8Cl2O4-2. The Bertz CT molecular complexity index is 5.51. The van der Waals surface area contributed by atoms with E-state index in [4.69, 9.17) is 0 Å². The average molecular weight is 143 g/mol. The SMILES string of the molecule is O.O.O.O.[Cl-].[Cl-]. The van der Waals surface area contributed by atoms with E-state index in [1.807, 2.05) is 0 Å². The maximum Gasteiger partial charge on any atom is -0.412 e. The molecule has 0 saturated heterocycles. The molecule has 0 aromatic carbocycles. The van der Waals surface area contributed by atoms with Crippen LogP contribution in [0.25, 0.3) is 0 Å². The summed E-state index contributed by atoms with van der Waals surface area (Å²) in [7, 11) is 0. The van der Waals surface area contributed by atoms with Gasteiger partial charge in [-0.3, -0.25) is 0 Å². The molecule has 0 heterocycles. The molecule has 48 valence electrons. The van der Waals surface area contributed by atoms with Gasteiger partial charge in [-0.2, -0.15) is 0 Å². The third-order valence-corrected chi connectivity index (χ3v) is 0. The lowest BCUT2D eigenvalue weighted by Gasteiger charge is -1.00. The fraction of sp³-hybridized carbons (Fsp3) is 0. The summed E-state index contributed by atoms with van der Waals surface area (Å²) in [6.45, 7) is 0. The lowest BCUT2D eigenvalue weighted by atomic mass is 16.0. The van der Waals surface area contributed by atoms with Crippen molar-refractivity contribution in [3.8, 4) is 0 Å². The van der Waals surface area contributed by atoms with Crippen molar-refractivity contribution >= 4 is 0 Å². The van der Waals surface area contributed by atoms with Gasteiger partial charge >= 0.3 is 0 Å². The Balaban J connectivity index is 0. The van der Waals surface area contributed by atoms with Crippen molar-refractivity contribution in [2.24, 2.45) is 0 Å². The second kappa shape index (κ2) is 600. The van der Waals surface area contributed by atoms with E-state index in [-0.39, 0.29) is 46.7 Å². The molecule has 6 heteroatoms. The molecule has 0 rings (SSSR count). The van der Waals surface area contributed by atoms with Crippen LogP contribution in [-0.4, -0.2) is 21.9 Å². The van der Waals surface area contributed by atoms with Crippen LogP contribution >= 0.6 is 0 Å². The molecule has 4 nitrogen and oxygen atoms in total. The molecule has 0 atom stereocenters. The molecule has 0 fully saturated rings. The van der Waals surface area contributed by atoms with Crippen LogP contribution in [0.4, 0.5) is 0 Å². The van der Waals surface area contributed by atoms with E-state index in [0.29, 0.717) is 0 Å². The van der Waals surface area contributed by atoms with E-state index in [1.54, 1.807) is 0 Å². The van der Waals surface area contributed by atoms with E-state index < -0.39 is 0 Å². The molecule has 0 aromatic rings. The Morgan fingerprint density at radius 2 is 0.333 bits per heavy atom. The van der Waals surface area contributed by atoms with Gasteiger partial charge in [0.1, 0.15) is 0 Å². The molecule has 6 heavy (non-hydrogen) atoms. The molecular weight excluding hydrogens is 135 g/mol. The highest BCUT2D eigenvalue weighted by atomic mass is 35.5.